The minimum absolute atomic E-state index is 0.0599. The topological polar surface area (TPSA) is 65.4 Å². The number of halogens is 1. The number of ether oxygens (including phenoxy) is 1. The number of rotatable bonds is 3. The van der Waals surface area contributed by atoms with E-state index in [9.17, 15) is 4.39 Å². The Balaban J connectivity index is 2.06. The standard InChI is InChI=1S/C13H11FN4O/c14-10-2-1-3-12(9(10)8-15)19-13-11-4-5-17-18(11)7-6-16-13/h1-7H,8,15H2. The van der Waals surface area contributed by atoms with Gasteiger partial charge in [0.25, 0.3) is 0 Å². The molecule has 0 spiro atoms. The first-order valence-corrected chi connectivity index (χ1v) is 5.73. The van der Waals surface area contributed by atoms with Gasteiger partial charge in [0.1, 0.15) is 17.1 Å². The number of nitrogens with two attached hydrogens (primary N) is 1. The van der Waals surface area contributed by atoms with Gasteiger partial charge < -0.3 is 10.5 Å². The van der Waals surface area contributed by atoms with E-state index in [1.165, 1.54) is 6.07 Å². The molecule has 5 nitrogen and oxygen atoms in total. The van der Waals surface area contributed by atoms with Crippen molar-refractivity contribution in [3.8, 4) is 11.6 Å². The molecule has 6 heteroatoms. The van der Waals surface area contributed by atoms with Crippen LogP contribution < -0.4 is 10.5 Å². The molecule has 1 aromatic carbocycles. The van der Waals surface area contributed by atoms with Gasteiger partial charge in [-0.3, -0.25) is 0 Å². The predicted molar refractivity (Wildman–Crippen MR) is 67.4 cm³/mol. The summed E-state index contributed by atoms with van der Waals surface area (Å²) in [7, 11) is 0. The lowest BCUT2D eigenvalue weighted by molar-refractivity contribution is 0.452. The van der Waals surface area contributed by atoms with Crippen LogP contribution in [0.3, 0.4) is 0 Å². The molecule has 0 aliphatic heterocycles. The third-order valence-electron chi connectivity index (χ3n) is 2.78. The Morgan fingerprint density at radius 3 is 3.00 bits per heavy atom. The van der Waals surface area contributed by atoms with E-state index >= 15 is 0 Å². The molecule has 0 saturated heterocycles. The van der Waals surface area contributed by atoms with Crippen LogP contribution in [0.4, 0.5) is 4.39 Å². The molecule has 19 heavy (non-hydrogen) atoms. The number of hydrogen-bond donors (Lipinski definition) is 1. The molecule has 2 N–H and O–H groups in total. The Hall–Kier alpha value is -2.47. The molecular formula is C13H11FN4O. The maximum Gasteiger partial charge on any atom is 0.245 e. The van der Waals surface area contributed by atoms with Gasteiger partial charge in [-0.2, -0.15) is 5.10 Å². The van der Waals surface area contributed by atoms with E-state index in [4.69, 9.17) is 10.5 Å². The average molecular weight is 258 g/mol. The fourth-order valence-corrected chi connectivity index (χ4v) is 1.85. The summed E-state index contributed by atoms with van der Waals surface area (Å²) in [5.74, 6) is 0.338. The molecule has 0 atom stereocenters. The molecule has 0 bridgehead atoms. The highest BCUT2D eigenvalue weighted by atomic mass is 19.1. The Morgan fingerprint density at radius 2 is 2.16 bits per heavy atom. The van der Waals surface area contributed by atoms with Crippen molar-refractivity contribution in [2.75, 3.05) is 0 Å². The highest BCUT2D eigenvalue weighted by Crippen LogP contribution is 2.27. The Kier molecular flexibility index (Phi) is 2.85. The minimum atomic E-state index is -0.388. The highest BCUT2D eigenvalue weighted by Gasteiger charge is 2.11. The lowest BCUT2D eigenvalue weighted by atomic mass is 10.2. The summed E-state index contributed by atoms with van der Waals surface area (Å²) in [5, 5.41) is 4.08. The zero-order valence-corrected chi connectivity index (χ0v) is 9.95. The first kappa shape index (κ1) is 11.6. The van der Waals surface area contributed by atoms with Gasteiger partial charge in [0.2, 0.25) is 5.88 Å². The van der Waals surface area contributed by atoms with Gasteiger partial charge in [0, 0.05) is 24.5 Å². The fraction of sp³-hybridized carbons (Fsp3) is 0.0769. The largest absolute Gasteiger partial charge is 0.437 e. The summed E-state index contributed by atoms with van der Waals surface area (Å²) >= 11 is 0. The lowest BCUT2D eigenvalue weighted by Gasteiger charge is -2.10. The van der Waals surface area contributed by atoms with Gasteiger partial charge in [0.15, 0.2) is 0 Å². The maximum absolute atomic E-state index is 13.6. The molecule has 2 aromatic heterocycles. The molecule has 0 amide bonds. The summed E-state index contributed by atoms with van der Waals surface area (Å²) in [5.41, 5.74) is 6.57. The van der Waals surface area contributed by atoms with Gasteiger partial charge in [0.05, 0.1) is 6.20 Å². The van der Waals surface area contributed by atoms with Crippen LogP contribution in [0.1, 0.15) is 5.56 Å². The van der Waals surface area contributed by atoms with Crippen molar-refractivity contribution in [1.29, 1.82) is 0 Å². The second-order valence-electron chi connectivity index (χ2n) is 3.92. The highest BCUT2D eigenvalue weighted by molar-refractivity contribution is 5.56. The molecule has 0 fully saturated rings. The van der Waals surface area contributed by atoms with Crippen LogP contribution in [-0.2, 0) is 6.54 Å². The van der Waals surface area contributed by atoms with E-state index in [2.05, 4.69) is 10.1 Å². The van der Waals surface area contributed by atoms with Crippen molar-refractivity contribution in [3.63, 3.8) is 0 Å². The number of aromatic nitrogens is 3. The van der Waals surface area contributed by atoms with E-state index in [1.54, 1.807) is 41.3 Å². The zero-order chi connectivity index (χ0) is 13.2. The first-order valence-electron chi connectivity index (χ1n) is 5.73. The second-order valence-corrected chi connectivity index (χ2v) is 3.92. The number of nitrogens with zero attached hydrogens (tertiary/aromatic N) is 3. The van der Waals surface area contributed by atoms with Crippen LogP contribution in [-0.4, -0.2) is 14.6 Å². The van der Waals surface area contributed by atoms with E-state index in [-0.39, 0.29) is 12.4 Å². The van der Waals surface area contributed by atoms with Crippen molar-refractivity contribution < 1.29 is 9.13 Å². The smallest absolute Gasteiger partial charge is 0.245 e. The summed E-state index contributed by atoms with van der Waals surface area (Å²) in [6.07, 6.45) is 4.91. The van der Waals surface area contributed by atoms with Crippen LogP contribution in [0.2, 0.25) is 0 Å². The predicted octanol–water partition coefficient (Wildman–Crippen LogP) is 2.12. The maximum atomic E-state index is 13.6. The van der Waals surface area contributed by atoms with Crippen LogP contribution in [0.15, 0.2) is 42.9 Å². The quantitative estimate of drug-likeness (QED) is 0.781. The zero-order valence-electron chi connectivity index (χ0n) is 9.95. The Bertz CT molecular complexity index is 725. The normalized spacial score (nSPS) is 10.8. The summed E-state index contributed by atoms with van der Waals surface area (Å²) in [4.78, 5) is 4.13. The molecule has 0 unspecified atom stereocenters. The Morgan fingerprint density at radius 1 is 1.26 bits per heavy atom. The van der Waals surface area contributed by atoms with Gasteiger partial charge in [-0.05, 0) is 18.2 Å². The van der Waals surface area contributed by atoms with Crippen molar-refractivity contribution in [3.05, 3.63) is 54.2 Å². The lowest BCUT2D eigenvalue weighted by Crippen LogP contribution is -2.03. The van der Waals surface area contributed by atoms with Gasteiger partial charge in [-0.15, -0.1) is 0 Å². The molecule has 96 valence electrons. The monoisotopic (exact) mass is 258 g/mol. The molecule has 0 radical (unpaired) electrons. The molecular weight excluding hydrogens is 247 g/mol. The Labute approximate surface area is 108 Å². The summed E-state index contributed by atoms with van der Waals surface area (Å²) in [6, 6.07) is 6.35. The van der Waals surface area contributed by atoms with Crippen molar-refractivity contribution >= 4 is 5.52 Å². The van der Waals surface area contributed by atoms with E-state index in [0.717, 1.165) is 0 Å². The summed E-state index contributed by atoms with van der Waals surface area (Å²) in [6.45, 7) is 0.0599. The molecule has 0 aliphatic carbocycles. The van der Waals surface area contributed by atoms with Crippen LogP contribution in [0.25, 0.3) is 5.52 Å². The third kappa shape index (κ3) is 2.02. The van der Waals surface area contributed by atoms with E-state index < -0.39 is 0 Å². The van der Waals surface area contributed by atoms with E-state index in [0.29, 0.717) is 22.7 Å². The molecule has 2 heterocycles. The van der Waals surface area contributed by atoms with Crippen LogP contribution in [0.5, 0.6) is 11.6 Å². The molecule has 0 aliphatic rings. The molecule has 3 aromatic rings. The fourth-order valence-electron chi connectivity index (χ4n) is 1.85. The SMILES string of the molecule is NCc1c(F)cccc1Oc1nccn2nccc12. The molecule has 3 rings (SSSR count). The molecule has 0 saturated carbocycles. The number of benzene rings is 1. The van der Waals surface area contributed by atoms with E-state index in [1.807, 2.05) is 0 Å². The number of fused-ring (bicyclic) bond motifs is 1. The average Bonchev–Trinajstić information content (AvgIpc) is 2.88. The third-order valence-corrected chi connectivity index (χ3v) is 2.78. The van der Waals surface area contributed by atoms with Crippen LogP contribution in [0, 0.1) is 5.82 Å². The van der Waals surface area contributed by atoms with Crippen molar-refractivity contribution in [2.45, 2.75) is 6.54 Å². The second kappa shape index (κ2) is 4.66. The number of hydrogen-bond acceptors (Lipinski definition) is 4. The van der Waals surface area contributed by atoms with Crippen molar-refractivity contribution in [1.82, 2.24) is 14.6 Å². The first-order chi connectivity index (χ1) is 9.29. The van der Waals surface area contributed by atoms with Crippen LogP contribution >= 0.6 is 0 Å². The van der Waals surface area contributed by atoms with Gasteiger partial charge in [-0.1, -0.05) is 6.07 Å². The summed E-state index contributed by atoms with van der Waals surface area (Å²) < 4.78 is 20.9. The minimum Gasteiger partial charge on any atom is -0.437 e. The van der Waals surface area contributed by atoms with Gasteiger partial charge >= 0.3 is 0 Å². The van der Waals surface area contributed by atoms with Crippen molar-refractivity contribution in [2.24, 2.45) is 5.73 Å². The van der Waals surface area contributed by atoms with Gasteiger partial charge in [-0.25, -0.2) is 13.9 Å².